The lowest BCUT2D eigenvalue weighted by Crippen LogP contribution is -2.20. The van der Waals surface area contributed by atoms with Gasteiger partial charge in [0.2, 0.25) is 0 Å². The van der Waals surface area contributed by atoms with Crippen molar-refractivity contribution in [2.75, 3.05) is 0 Å². The Hall–Kier alpha value is -1.05. The molecule has 2 heteroatoms. The molecule has 0 radical (unpaired) electrons. The Morgan fingerprint density at radius 3 is 1.82 bits per heavy atom. The van der Waals surface area contributed by atoms with Crippen molar-refractivity contribution < 1.29 is 9.53 Å². The molecule has 0 fully saturated rings. The lowest BCUT2D eigenvalue weighted by Gasteiger charge is -2.16. The van der Waals surface area contributed by atoms with Crippen LogP contribution in [0, 0.1) is 5.92 Å². The van der Waals surface area contributed by atoms with Gasteiger partial charge < -0.3 is 4.74 Å². The molecule has 98 valence electrons. The number of hydrogen-bond acceptors (Lipinski definition) is 2. The molecule has 0 aliphatic heterocycles. The summed E-state index contributed by atoms with van der Waals surface area (Å²) in [6, 6.07) is 0. The minimum absolute atomic E-state index is 0.0181. The van der Waals surface area contributed by atoms with Crippen LogP contribution in [0.1, 0.15) is 53.4 Å². The zero-order valence-electron chi connectivity index (χ0n) is 11.6. The van der Waals surface area contributed by atoms with E-state index in [-0.39, 0.29) is 18.0 Å². The third-order valence-corrected chi connectivity index (χ3v) is 2.36. The lowest BCUT2D eigenvalue weighted by atomic mass is 10.1. The molecule has 0 aliphatic carbocycles. The largest absolute Gasteiger partial charge is 0.462 e. The number of allylic oxidation sites excluding steroid dienone is 2. The van der Waals surface area contributed by atoms with Crippen LogP contribution in [-0.2, 0) is 9.53 Å². The molecule has 0 amide bonds. The summed E-state index contributed by atoms with van der Waals surface area (Å²) in [6.07, 6.45) is 12.1. The highest BCUT2D eigenvalue weighted by atomic mass is 16.5. The van der Waals surface area contributed by atoms with E-state index in [2.05, 4.69) is 38.2 Å². The first-order chi connectivity index (χ1) is 8.11. The Morgan fingerprint density at radius 1 is 1.00 bits per heavy atom. The van der Waals surface area contributed by atoms with Gasteiger partial charge in [-0.15, -0.1) is 0 Å². The minimum Gasteiger partial charge on any atom is -0.462 e. The minimum atomic E-state index is -0.107. The van der Waals surface area contributed by atoms with E-state index in [0.717, 1.165) is 25.7 Å². The van der Waals surface area contributed by atoms with Crippen molar-refractivity contribution in [1.29, 1.82) is 0 Å². The van der Waals surface area contributed by atoms with E-state index in [4.69, 9.17) is 4.74 Å². The molecule has 0 aromatic carbocycles. The lowest BCUT2D eigenvalue weighted by molar-refractivity contribution is -0.152. The van der Waals surface area contributed by atoms with Crippen molar-refractivity contribution in [2.45, 2.75) is 59.5 Å². The molecule has 0 heterocycles. The first-order valence-corrected chi connectivity index (χ1v) is 6.62. The van der Waals surface area contributed by atoms with Crippen molar-refractivity contribution in [3.63, 3.8) is 0 Å². The maximum absolute atomic E-state index is 11.5. The summed E-state index contributed by atoms with van der Waals surface area (Å²) in [6.45, 7) is 7.93. The molecule has 17 heavy (non-hydrogen) atoms. The highest BCUT2D eigenvalue weighted by Gasteiger charge is 2.14. The van der Waals surface area contributed by atoms with Gasteiger partial charge in [-0.1, -0.05) is 52.0 Å². The topological polar surface area (TPSA) is 26.3 Å². The van der Waals surface area contributed by atoms with Gasteiger partial charge >= 0.3 is 5.97 Å². The molecule has 0 spiro atoms. The molecule has 0 rings (SSSR count). The standard InChI is InChI=1S/C15H26O2/c1-5-7-9-11-14(12-10-8-6-2)17-15(16)13(3)4/h7-10,13-14H,5-6,11-12H2,1-4H3. The van der Waals surface area contributed by atoms with Gasteiger partial charge in [0.15, 0.2) is 0 Å². The highest BCUT2D eigenvalue weighted by Crippen LogP contribution is 2.10. The van der Waals surface area contributed by atoms with E-state index < -0.39 is 0 Å². The molecule has 0 unspecified atom stereocenters. The van der Waals surface area contributed by atoms with Crippen LogP contribution in [0.2, 0.25) is 0 Å². The number of rotatable bonds is 8. The monoisotopic (exact) mass is 238 g/mol. The van der Waals surface area contributed by atoms with Gasteiger partial charge in [0.1, 0.15) is 6.10 Å². The molecule has 0 saturated heterocycles. The van der Waals surface area contributed by atoms with Gasteiger partial charge in [0.25, 0.3) is 0 Å². The Morgan fingerprint density at radius 2 is 1.47 bits per heavy atom. The molecule has 0 saturated carbocycles. The molecule has 0 atom stereocenters. The van der Waals surface area contributed by atoms with Crippen molar-refractivity contribution in [2.24, 2.45) is 5.92 Å². The van der Waals surface area contributed by atoms with Gasteiger partial charge in [-0.2, -0.15) is 0 Å². The van der Waals surface area contributed by atoms with Gasteiger partial charge in [-0.05, 0) is 12.8 Å². The van der Waals surface area contributed by atoms with Crippen molar-refractivity contribution in [1.82, 2.24) is 0 Å². The van der Waals surface area contributed by atoms with Gasteiger partial charge in [-0.25, -0.2) is 0 Å². The fraction of sp³-hybridized carbons (Fsp3) is 0.667. The first kappa shape index (κ1) is 16.0. The zero-order chi connectivity index (χ0) is 13.1. The summed E-state index contributed by atoms with van der Waals surface area (Å²) in [5.74, 6) is -0.160. The third-order valence-electron chi connectivity index (χ3n) is 2.36. The van der Waals surface area contributed by atoms with E-state index in [9.17, 15) is 4.79 Å². The number of carbonyl (C=O) groups excluding carboxylic acids is 1. The second-order valence-electron chi connectivity index (χ2n) is 4.44. The average molecular weight is 238 g/mol. The molecular weight excluding hydrogens is 212 g/mol. The highest BCUT2D eigenvalue weighted by molar-refractivity contribution is 5.71. The number of hydrogen-bond donors (Lipinski definition) is 0. The van der Waals surface area contributed by atoms with Crippen LogP contribution < -0.4 is 0 Å². The van der Waals surface area contributed by atoms with Crippen LogP contribution in [0.15, 0.2) is 24.3 Å². The van der Waals surface area contributed by atoms with Crippen LogP contribution in [0.25, 0.3) is 0 Å². The van der Waals surface area contributed by atoms with Gasteiger partial charge in [-0.3, -0.25) is 4.79 Å². The molecule has 2 nitrogen and oxygen atoms in total. The molecule has 0 bridgehead atoms. The molecule has 0 aromatic rings. The van der Waals surface area contributed by atoms with Crippen LogP contribution in [-0.4, -0.2) is 12.1 Å². The number of ether oxygens (including phenoxy) is 1. The number of carbonyl (C=O) groups is 1. The fourth-order valence-corrected chi connectivity index (χ4v) is 1.32. The normalized spacial score (nSPS) is 13.7. The van der Waals surface area contributed by atoms with E-state index in [1.807, 2.05) is 13.8 Å². The summed E-state index contributed by atoms with van der Waals surface area (Å²) >= 11 is 0. The maximum atomic E-state index is 11.5. The summed E-state index contributed by atoms with van der Waals surface area (Å²) in [4.78, 5) is 11.5. The van der Waals surface area contributed by atoms with Crippen LogP contribution in [0.5, 0.6) is 0 Å². The quantitative estimate of drug-likeness (QED) is 0.466. The Bertz CT molecular complexity index is 236. The smallest absolute Gasteiger partial charge is 0.308 e. The van der Waals surface area contributed by atoms with Crippen LogP contribution in [0.3, 0.4) is 0 Å². The second kappa shape index (κ2) is 10.1. The van der Waals surface area contributed by atoms with E-state index in [1.165, 1.54) is 0 Å². The van der Waals surface area contributed by atoms with Crippen molar-refractivity contribution in [3.8, 4) is 0 Å². The molecular formula is C15H26O2. The maximum Gasteiger partial charge on any atom is 0.308 e. The first-order valence-electron chi connectivity index (χ1n) is 6.62. The Kier molecular flexibility index (Phi) is 9.50. The van der Waals surface area contributed by atoms with Gasteiger partial charge in [0, 0.05) is 12.8 Å². The van der Waals surface area contributed by atoms with E-state index >= 15 is 0 Å². The summed E-state index contributed by atoms with van der Waals surface area (Å²) < 4.78 is 5.46. The third kappa shape index (κ3) is 8.73. The Balaban J connectivity index is 4.23. The average Bonchev–Trinajstić information content (AvgIpc) is 2.29. The summed E-state index contributed by atoms with van der Waals surface area (Å²) in [5, 5.41) is 0. The van der Waals surface area contributed by atoms with Crippen molar-refractivity contribution >= 4 is 5.97 Å². The molecule has 0 N–H and O–H groups in total. The predicted octanol–water partition coefficient (Wildman–Crippen LogP) is 4.27. The summed E-state index contributed by atoms with van der Waals surface area (Å²) in [5.41, 5.74) is 0. The van der Waals surface area contributed by atoms with E-state index in [0.29, 0.717) is 0 Å². The van der Waals surface area contributed by atoms with Gasteiger partial charge in [0.05, 0.1) is 5.92 Å². The predicted molar refractivity (Wildman–Crippen MR) is 72.8 cm³/mol. The Labute approximate surface area is 106 Å². The van der Waals surface area contributed by atoms with Crippen LogP contribution >= 0.6 is 0 Å². The van der Waals surface area contributed by atoms with Crippen LogP contribution in [0.4, 0.5) is 0 Å². The molecule has 0 aromatic heterocycles. The second-order valence-corrected chi connectivity index (χ2v) is 4.44. The zero-order valence-corrected chi connectivity index (χ0v) is 11.6. The number of esters is 1. The van der Waals surface area contributed by atoms with E-state index in [1.54, 1.807) is 0 Å². The summed E-state index contributed by atoms with van der Waals surface area (Å²) in [7, 11) is 0. The SMILES string of the molecule is CCC=CCC(CC=CCC)OC(=O)C(C)C. The fourth-order valence-electron chi connectivity index (χ4n) is 1.32. The van der Waals surface area contributed by atoms with Crippen molar-refractivity contribution in [3.05, 3.63) is 24.3 Å². The molecule has 0 aliphatic rings.